The zero-order valence-electron chi connectivity index (χ0n) is 10.4. The maximum atomic E-state index is 11.4. The molecule has 0 aliphatic carbocycles. The van der Waals surface area contributed by atoms with Gasteiger partial charge in [0.1, 0.15) is 11.5 Å². The van der Waals surface area contributed by atoms with Gasteiger partial charge >= 0.3 is 5.97 Å². The molecule has 94 valence electrons. The summed E-state index contributed by atoms with van der Waals surface area (Å²) in [6.07, 6.45) is 1.62. The Morgan fingerprint density at radius 1 is 1.28 bits per heavy atom. The summed E-state index contributed by atoms with van der Waals surface area (Å²) in [7, 11) is 3.13. The van der Waals surface area contributed by atoms with Crippen LogP contribution in [0.2, 0.25) is 0 Å². The van der Waals surface area contributed by atoms with Gasteiger partial charge in [0.15, 0.2) is 11.6 Å². The number of nitrogens with zero attached hydrogens (tertiary/aromatic N) is 1. The number of methoxy groups -OCH3 is 2. The van der Waals surface area contributed by atoms with Gasteiger partial charge in [0.2, 0.25) is 0 Å². The van der Waals surface area contributed by atoms with Crippen LogP contribution in [0.1, 0.15) is 12.5 Å². The Hall–Kier alpha value is -2.30. The fourth-order valence-electron chi connectivity index (χ4n) is 1.60. The number of hydrogen-bond donors (Lipinski definition) is 0. The van der Waals surface area contributed by atoms with E-state index >= 15 is 0 Å². The van der Waals surface area contributed by atoms with Crippen molar-refractivity contribution in [2.75, 3.05) is 14.2 Å². The minimum absolute atomic E-state index is 0.260. The molecule has 0 bridgehead atoms. The maximum absolute atomic E-state index is 11.4. The number of cyclic esters (lactones) is 1. The predicted octanol–water partition coefficient (Wildman–Crippen LogP) is 2.02. The summed E-state index contributed by atoms with van der Waals surface area (Å²) in [5, 5.41) is 0. The molecule has 0 unspecified atom stereocenters. The molecule has 0 saturated carbocycles. The Bertz CT molecular complexity index is 546. The summed E-state index contributed by atoms with van der Waals surface area (Å²) in [5.74, 6) is 1.18. The highest BCUT2D eigenvalue weighted by Crippen LogP contribution is 2.27. The first-order valence-electron chi connectivity index (χ1n) is 5.35. The lowest BCUT2D eigenvalue weighted by atomic mass is 10.1. The maximum Gasteiger partial charge on any atom is 0.363 e. The van der Waals surface area contributed by atoms with E-state index in [4.69, 9.17) is 14.2 Å². The van der Waals surface area contributed by atoms with E-state index in [1.807, 2.05) is 0 Å². The largest absolute Gasteiger partial charge is 0.497 e. The Morgan fingerprint density at radius 2 is 2.06 bits per heavy atom. The van der Waals surface area contributed by atoms with E-state index in [0.717, 1.165) is 5.56 Å². The van der Waals surface area contributed by atoms with Gasteiger partial charge in [0.25, 0.3) is 0 Å². The van der Waals surface area contributed by atoms with E-state index in [-0.39, 0.29) is 5.70 Å². The zero-order valence-corrected chi connectivity index (χ0v) is 10.4. The average Bonchev–Trinajstić information content (AvgIpc) is 2.68. The Labute approximate surface area is 105 Å². The van der Waals surface area contributed by atoms with Gasteiger partial charge in [-0.3, -0.25) is 0 Å². The minimum atomic E-state index is -0.453. The molecule has 0 radical (unpaired) electrons. The first kappa shape index (κ1) is 12.2. The lowest BCUT2D eigenvalue weighted by Crippen LogP contribution is -2.00. The molecule has 5 nitrogen and oxygen atoms in total. The van der Waals surface area contributed by atoms with E-state index in [1.165, 1.54) is 0 Å². The zero-order chi connectivity index (χ0) is 13.1. The molecule has 2 rings (SSSR count). The summed E-state index contributed by atoms with van der Waals surface area (Å²) in [4.78, 5) is 15.4. The second kappa shape index (κ2) is 4.91. The molecule has 1 aliphatic heterocycles. The van der Waals surface area contributed by atoms with Crippen molar-refractivity contribution < 1.29 is 19.0 Å². The van der Waals surface area contributed by atoms with Crippen LogP contribution in [-0.4, -0.2) is 26.1 Å². The molecule has 0 N–H and O–H groups in total. The van der Waals surface area contributed by atoms with Crippen molar-refractivity contribution >= 4 is 17.9 Å². The van der Waals surface area contributed by atoms with Gasteiger partial charge in [0.05, 0.1) is 14.2 Å². The summed E-state index contributed by atoms with van der Waals surface area (Å²) < 4.78 is 15.2. The van der Waals surface area contributed by atoms with Crippen LogP contribution in [0.15, 0.2) is 28.9 Å². The molecule has 0 saturated heterocycles. The molecule has 1 aromatic carbocycles. The van der Waals surface area contributed by atoms with Crippen LogP contribution in [-0.2, 0) is 9.53 Å². The Balaban J connectivity index is 2.40. The van der Waals surface area contributed by atoms with Gasteiger partial charge in [0, 0.05) is 18.6 Å². The van der Waals surface area contributed by atoms with Crippen molar-refractivity contribution in [1.29, 1.82) is 0 Å². The molecule has 0 atom stereocenters. The molecule has 1 aromatic rings. The summed E-state index contributed by atoms with van der Waals surface area (Å²) in [6, 6.07) is 5.32. The lowest BCUT2D eigenvalue weighted by molar-refractivity contribution is -0.130. The molecule has 18 heavy (non-hydrogen) atoms. The molecule has 0 spiro atoms. The number of esters is 1. The standard InChI is InChI=1S/C13H13NO4/c1-8-14-11(13(15)18-8)6-9-4-5-10(16-2)7-12(9)17-3/h4-7H,1-3H3/b11-6+. The summed E-state index contributed by atoms with van der Waals surface area (Å²) in [6.45, 7) is 1.63. The highest BCUT2D eigenvalue weighted by Gasteiger charge is 2.20. The van der Waals surface area contributed by atoms with Gasteiger partial charge in [-0.1, -0.05) is 0 Å². The summed E-state index contributed by atoms with van der Waals surface area (Å²) in [5.41, 5.74) is 1.000. The number of aliphatic imine (C=N–C) groups is 1. The van der Waals surface area contributed by atoms with Crippen molar-refractivity contribution in [3.05, 3.63) is 29.5 Å². The quantitative estimate of drug-likeness (QED) is 0.605. The highest BCUT2D eigenvalue weighted by atomic mass is 16.6. The number of rotatable bonds is 3. The Kier molecular flexibility index (Phi) is 3.32. The van der Waals surface area contributed by atoms with E-state index in [2.05, 4.69) is 4.99 Å². The first-order valence-corrected chi connectivity index (χ1v) is 5.35. The molecule has 0 amide bonds. The van der Waals surface area contributed by atoms with Gasteiger partial charge < -0.3 is 14.2 Å². The van der Waals surface area contributed by atoms with Crippen molar-refractivity contribution in [2.45, 2.75) is 6.92 Å². The molecule has 5 heteroatoms. The van der Waals surface area contributed by atoms with E-state index in [0.29, 0.717) is 17.4 Å². The van der Waals surface area contributed by atoms with Crippen molar-refractivity contribution in [2.24, 2.45) is 4.99 Å². The second-order valence-electron chi connectivity index (χ2n) is 3.66. The topological polar surface area (TPSA) is 57.1 Å². The van der Waals surface area contributed by atoms with Crippen molar-refractivity contribution in [3.63, 3.8) is 0 Å². The van der Waals surface area contributed by atoms with Crippen LogP contribution in [0.4, 0.5) is 0 Å². The normalized spacial score (nSPS) is 16.5. The van der Waals surface area contributed by atoms with Crippen molar-refractivity contribution in [3.8, 4) is 11.5 Å². The van der Waals surface area contributed by atoms with Gasteiger partial charge in [-0.05, 0) is 18.2 Å². The average molecular weight is 247 g/mol. The number of carbonyl (C=O) groups is 1. The molecule has 1 heterocycles. The van der Waals surface area contributed by atoms with Gasteiger partial charge in [-0.2, -0.15) is 0 Å². The summed E-state index contributed by atoms with van der Waals surface area (Å²) >= 11 is 0. The second-order valence-corrected chi connectivity index (χ2v) is 3.66. The highest BCUT2D eigenvalue weighted by molar-refractivity contribution is 6.06. The minimum Gasteiger partial charge on any atom is -0.497 e. The van der Waals surface area contributed by atoms with E-state index < -0.39 is 5.97 Å². The molecule has 1 aliphatic rings. The van der Waals surface area contributed by atoms with Crippen LogP contribution in [0.25, 0.3) is 6.08 Å². The third-order valence-electron chi connectivity index (χ3n) is 2.46. The fraction of sp³-hybridized carbons (Fsp3) is 0.231. The van der Waals surface area contributed by atoms with Crippen LogP contribution in [0.3, 0.4) is 0 Å². The van der Waals surface area contributed by atoms with Crippen LogP contribution >= 0.6 is 0 Å². The number of ether oxygens (including phenoxy) is 3. The van der Waals surface area contributed by atoms with Crippen LogP contribution in [0, 0.1) is 0 Å². The third kappa shape index (κ3) is 2.34. The monoisotopic (exact) mass is 247 g/mol. The van der Waals surface area contributed by atoms with Crippen molar-refractivity contribution in [1.82, 2.24) is 0 Å². The molecule has 0 fully saturated rings. The Morgan fingerprint density at radius 3 is 2.61 bits per heavy atom. The first-order chi connectivity index (χ1) is 8.63. The van der Waals surface area contributed by atoms with E-state index in [1.54, 1.807) is 45.4 Å². The SMILES string of the molecule is COc1ccc(/C=C2/N=C(C)OC2=O)c(OC)c1. The smallest absolute Gasteiger partial charge is 0.363 e. The van der Waals surface area contributed by atoms with E-state index in [9.17, 15) is 4.79 Å². The number of hydrogen-bond acceptors (Lipinski definition) is 5. The fourth-order valence-corrected chi connectivity index (χ4v) is 1.60. The van der Waals surface area contributed by atoms with Crippen LogP contribution < -0.4 is 9.47 Å². The number of carbonyl (C=O) groups excluding carboxylic acids is 1. The molecular weight excluding hydrogens is 234 g/mol. The van der Waals surface area contributed by atoms with Gasteiger partial charge in [-0.15, -0.1) is 0 Å². The van der Waals surface area contributed by atoms with Gasteiger partial charge in [-0.25, -0.2) is 9.79 Å². The lowest BCUT2D eigenvalue weighted by Gasteiger charge is -2.07. The molecular formula is C13H13NO4. The molecule has 0 aromatic heterocycles. The number of benzene rings is 1. The van der Waals surface area contributed by atoms with Crippen LogP contribution in [0.5, 0.6) is 11.5 Å². The predicted molar refractivity (Wildman–Crippen MR) is 66.7 cm³/mol. The third-order valence-corrected chi connectivity index (χ3v) is 2.46.